The summed E-state index contributed by atoms with van der Waals surface area (Å²) in [4.78, 5) is 51.9. The monoisotopic (exact) mass is 654 g/mol. The van der Waals surface area contributed by atoms with E-state index in [1.165, 1.54) is 36.5 Å². The summed E-state index contributed by atoms with van der Waals surface area (Å²) < 4.78 is 49.8. The van der Waals surface area contributed by atoms with Gasteiger partial charge in [0.15, 0.2) is 28.5 Å². The maximum atomic E-state index is 14.8. The highest BCUT2D eigenvalue weighted by molar-refractivity contribution is 7.43. The molecule has 0 saturated carbocycles. The lowest BCUT2D eigenvalue weighted by Gasteiger charge is -2.29. The van der Waals surface area contributed by atoms with E-state index in [0.717, 1.165) is 35.2 Å². The van der Waals surface area contributed by atoms with Crippen LogP contribution in [0, 0.1) is 11.6 Å². The predicted molar refractivity (Wildman–Crippen MR) is 157 cm³/mol. The maximum Gasteiger partial charge on any atom is 0.200 e. The van der Waals surface area contributed by atoms with Crippen LogP contribution in [-0.2, 0) is 22.2 Å². The quantitative estimate of drug-likeness (QED) is 0.171. The number of anilines is 1. The molecule has 0 unspecified atom stereocenters. The number of phosphoric acid groups is 1. The van der Waals surface area contributed by atoms with Crippen molar-refractivity contribution >= 4 is 31.0 Å². The van der Waals surface area contributed by atoms with Gasteiger partial charge in [-0.2, -0.15) is 0 Å². The average molecular weight is 655 g/mol. The third kappa shape index (κ3) is 10.3. The van der Waals surface area contributed by atoms with Crippen molar-refractivity contribution in [3.63, 3.8) is 0 Å². The minimum atomic E-state index is -5.38. The molecule has 0 spiro atoms. The molecule has 4 rings (SSSR count). The van der Waals surface area contributed by atoms with Gasteiger partial charge < -0.3 is 45.2 Å². The largest absolute Gasteiger partial charge is 0.790 e. The summed E-state index contributed by atoms with van der Waals surface area (Å²) in [6.07, 6.45) is 3.07. The number of nitrogens with zero attached hydrogens (tertiary/aromatic N) is 2. The van der Waals surface area contributed by atoms with Gasteiger partial charge in [0.25, 0.3) is 0 Å². The molecule has 12 nitrogen and oxygen atoms in total. The summed E-state index contributed by atoms with van der Waals surface area (Å²) >= 11 is 6.01. The van der Waals surface area contributed by atoms with Crippen molar-refractivity contribution in [2.24, 2.45) is 0 Å². The van der Waals surface area contributed by atoms with Crippen LogP contribution in [-0.4, -0.2) is 27.0 Å². The molecule has 0 aliphatic heterocycles. The van der Waals surface area contributed by atoms with Gasteiger partial charge in [-0.25, -0.2) is 13.8 Å². The van der Waals surface area contributed by atoms with E-state index in [9.17, 15) is 32.7 Å². The summed E-state index contributed by atoms with van der Waals surface area (Å²) in [6.45, 7) is 1.11. The van der Waals surface area contributed by atoms with Crippen LogP contribution in [0.1, 0.15) is 30.3 Å². The normalized spacial score (nSPS) is 10.5. The Morgan fingerprint density at radius 3 is 2.34 bits per heavy atom. The molecule has 2 aromatic heterocycles. The lowest BCUT2D eigenvalue weighted by Crippen LogP contribution is -2.23. The number of halogens is 3. The summed E-state index contributed by atoms with van der Waals surface area (Å²) in [6, 6.07) is 9.82. The number of carbonyl (C=O) groups is 1. The van der Waals surface area contributed by atoms with E-state index in [2.05, 4.69) is 9.51 Å². The number of hydrogen-bond donors (Lipinski definition) is 3. The Kier molecular flexibility index (Phi) is 14.5. The smallest absolute Gasteiger partial charge is 0.200 e. The molecule has 0 radical (unpaired) electrons. The number of aromatic nitrogens is 2. The molecule has 4 aromatic rings. The molecular formula is C28H30ClF2N4O8P-2. The second-order valence-electron chi connectivity index (χ2n) is 8.43. The summed E-state index contributed by atoms with van der Waals surface area (Å²) in [7, 11) is -5.38. The Hall–Kier alpha value is -4.01. The second kappa shape index (κ2) is 16.7. The molecule has 44 heavy (non-hydrogen) atoms. The first-order chi connectivity index (χ1) is 19.8. The molecule has 0 bridgehead atoms. The second-order valence-corrected chi connectivity index (χ2v) is 9.96. The van der Waals surface area contributed by atoms with Crippen LogP contribution in [0.5, 0.6) is 11.5 Å². The summed E-state index contributed by atoms with van der Waals surface area (Å²) in [5.41, 5.74) is 4.79. The maximum absolute atomic E-state index is 14.8. The Bertz CT molecular complexity index is 1680. The molecule has 2 heterocycles. The fourth-order valence-corrected chi connectivity index (χ4v) is 3.96. The predicted octanol–water partition coefficient (Wildman–Crippen LogP) is 4.24. The average Bonchev–Trinajstić information content (AvgIpc) is 2.92. The molecule has 0 saturated heterocycles. The number of nitrogens with two attached hydrogens (primary N) is 1. The number of ketones is 1. The standard InChI is InChI=1S/C25H19ClF2N3O7P.C2H6O.CH4.H3N/c26-23-22(7-8-30-25(23)29)38-21-6-1-14(9-19(21)28)10-20(32)18-12-31(13-37-39(34,35)36)11-17(24(18)33)15-2-4-16(27)5-3-15;1-2-3;;/h1-9,11-12H,10,13H2,(H2,29,30)(H2,34,35,36);3H,2H2,1H3;1H4;1H3/p-2. The lowest BCUT2D eigenvalue weighted by atomic mass is 9.99. The zero-order valence-electron chi connectivity index (χ0n) is 22.5. The topological polar surface area (TPSA) is 215 Å². The molecule has 6 N–H and O–H groups in total. The zero-order chi connectivity index (χ0) is 31.0. The molecule has 0 amide bonds. The Balaban J connectivity index is 0.00000186. The van der Waals surface area contributed by atoms with Crippen LogP contribution in [0.25, 0.3) is 11.1 Å². The molecule has 0 aliphatic carbocycles. The van der Waals surface area contributed by atoms with Crippen molar-refractivity contribution < 1.29 is 42.3 Å². The minimum absolute atomic E-state index is 0. The fraction of sp³-hybridized carbons (Fsp3) is 0.179. The third-order valence-corrected chi connectivity index (χ3v) is 6.17. The lowest BCUT2D eigenvalue weighted by molar-refractivity contribution is -0.344. The molecular weight excluding hydrogens is 625 g/mol. The number of aliphatic hydroxyl groups is 1. The SMILES string of the molecule is C.CCO.N.Nc1nccc(Oc2ccc(CC(=O)c3cn(COP(=O)([O-])[O-])cc(-c4ccc(F)cc4)c3=O)cc2F)c1Cl. The van der Waals surface area contributed by atoms with Crippen molar-refractivity contribution in [1.82, 2.24) is 15.7 Å². The van der Waals surface area contributed by atoms with E-state index in [1.54, 1.807) is 6.92 Å². The number of benzene rings is 2. The summed E-state index contributed by atoms with van der Waals surface area (Å²) in [5, 5.41) is 7.56. The highest BCUT2D eigenvalue weighted by Gasteiger charge is 2.18. The molecule has 238 valence electrons. The van der Waals surface area contributed by atoms with Crippen molar-refractivity contribution in [3.05, 3.63) is 105 Å². The Morgan fingerprint density at radius 1 is 1.11 bits per heavy atom. The molecule has 0 aliphatic rings. The number of rotatable bonds is 9. The first kappa shape index (κ1) is 38.0. The van der Waals surface area contributed by atoms with Crippen molar-refractivity contribution in [2.75, 3.05) is 12.3 Å². The molecule has 16 heteroatoms. The third-order valence-electron chi connectivity index (χ3n) is 5.36. The number of Topliss-reactive ketones (excluding diaryl/α,β-unsaturated/α-hetero) is 1. The van der Waals surface area contributed by atoms with Gasteiger partial charge in [0.2, 0.25) is 0 Å². The number of phosphoric ester groups is 1. The number of nitrogen functional groups attached to an aromatic ring is 1. The highest BCUT2D eigenvalue weighted by Crippen LogP contribution is 2.33. The van der Waals surface area contributed by atoms with Crippen LogP contribution in [0.4, 0.5) is 14.6 Å². The Morgan fingerprint density at radius 2 is 1.75 bits per heavy atom. The van der Waals surface area contributed by atoms with Crippen LogP contribution in [0.2, 0.25) is 5.02 Å². The number of aliphatic hydroxyl groups excluding tert-OH is 1. The van der Waals surface area contributed by atoms with E-state index < -0.39 is 49.4 Å². The summed E-state index contributed by atoms with van der Waals surface area (Å²) in [5.74, 6) is -2.31. The van der Waals surface area contributed by atoms with Gasteiger partial charge in [-0.3, -0.25) is 9.59 Å². The van der Waals surface area contributed by atoms with E-state index in [1.807, 2.05) is 0 Å². The van der Waals surface area contributed by atoms with E-state index in [0.29, 0.717) is 0 Å². The zero-order valence-corrected chi connectivity index (χ0v) is 24.2. The molecule has 0 atom stereocenters. The van der Waals surface area contributed by atoms with Gasteiger partial charge in [0.05, 0.1) is 13.4 Å². The molecule has 0 fully saturated rings. The first-order valence-electron chi connectivity index (χ1n) is 12.0. The van der Waals surface area contributed by atoms with Gasteiger partial charge in [0.1, 0.15) is 23.4 Å². The minimum Gasteiger partial charge on any atom is -0.790 e. The van der Waals surface area contributed by atoms with Gasteiger partial charge in [-0.1, -0.05) is 37.2 Å². The van der Waals surface area contributed by atoms with Gasteiger partial charge in [0, 0.05) is 43.2 Å². The highest BCUT2D eigenvalue weighted by atomic mass is 35.5. The first-order valence-corrected chi connectivity index (χ1v) is 13.8. The molecule has 2 aromatic carbocycles. The number of pyridine rings is 2. The fourth-order valence-electron chi connectivity index (χ4n) is 3.53. The van der Waals surface area contributed by atoms with Gasteiger partial charge in [-0.05, 0) is 42.3 Å². The van der Waals surface area contributed by atoms with Gasteiger partial charge in [-0.15, -0.1) is 0 Å². The van der Waals surface area contributed by atoms with Crippen LogP contribution < -0.4 is 31.8 Å². The van der Waals surface area contributed by atoms with Crippen LogP contribution >= 0.6 is 19.4 Å². The van der Waals surface area contributed by atoms with Crippen LogP contribution in [0.3, 0.4) is 0 Å². The van der Waals surface area contributed by atoms with Crippen molar-refractivity contribution in [2.45, 2.75) is 27.5 Å². The van der Waals surface area contributed by atoms with E-state index >= 15 is 0 Å². The van der Waals surface area contributed by atoms with E-state index in [-0.39, 0.29) is 59.2 Å². The van der Waals surface area contributed by atoms with Crippen molar-refractivity contribution in [1.29, 1.82) is 0 Å². The Labute approximate surface area is 256 Å². The number of carbonyl (C=O) groups excluding carboxylic acids is 1. The van der Waals surface area contributed by atoms with Crippen LogP contribution in [0.15, 0.2) is 71.9 Å². The number of ether oxygens (including phenoxy) is 1. The van der Waals surface area contributed by atoms with Crippen molar-refractivity contribution in [3.8, 4) is 22.6 Å². The number of hydrogen-bond acceptors (Lipinski definition) is 11. The van der Waals surface area contributed by atoms with E-state index in [4.69, 9.17) is 27.2 Å². The van der Waals surface area contributed by atoms with Gasteiger partial charge >= 0.3 is 0 Å².